The van der Waals surface area contributed by atoms with E-state index in [1.807, 2.05) is 25.1 Å². The van der Waals surface area contributed by atoms with E-state index in [2.05, 4.69) is 21.1 Å². The lowest BCUT2D eigenvalue weighted by atomic mass is 10.1. The van der Waals surface area contributed by atoms with E-state index >= 15 is 0 Å². The summed E-state index contributed by atoms with van der Waals surface area (Å²) in [7, 11) is 0. The normalized spacial score (nSPS) is 15.6. The number of benzene rings is 1. The summed E-state index contributed by atoms with van der Waals surface area (Å²) in [5.74, 6) is 1.26. The van der Waals surface area contributed by atoms with Crippen molar-refractivity contribution in [2.45, 2.75) is 32.9 Å². The van der Waals surface area contributed by atoms with Crippen molar-refractivity contribution in [1.29, 1.82) is 0 Å². The van der Waals surface area contributed by atoms with Crippen LogP contribution >= 0.6 is 0 Å². The highest BCUT2D eigenvalue weighted by molar-refractivity contribution is 5.95. The van der Waals surface area contributed by atoms with Gasteiger partial charge in [0, 0.05) is 12.1 Å². The molecular formula is C17H20N4O4. The molecule has 0 aliphatic carbocycles. The van der Waals surface area contributed by atoms with Crippen molar-refractivity contribution < 1.29 is 18.8 Å². The average Bonchev–Trinajstić information content (AvgIpc) is 2.98. The molecular weight excluding hydrogens is 324 g/mol. The Labute approximate surface area is 144 Å². The summed E-state index contributed by atoms with van der Waals surface area (Å²) in [5, 5.41) is 12.4. The van der Waals surface area contributed by atoms with Crippen LogP contribution < -0.4 is 20.7 Å². The predicted octanol–water partition coefficient (Wildman–Crippen LogP) is 1.99. The highest BCUT2D eigenvalue weighted by Gasteiger charge is 2.20. The Hall–Kier alpha value is -2.87. The summed E-state index contributed by atoms with van der Waals surface area (Å²) in [6.07, 6.45) is 0. The van der Waals surface area contributed by atoms with Crippen LogP contribution in [0, 0.1) is 6.92 Å². The number of amides is 2. The minimum atomic E-state index is -0.450. The van der Waals surface area contributed by atoms with E-state index in [0.29, 0.717) is 23.0 Å². The number of aromatic nitrogens is 1. The van der Waals surface area contributed by atoms with Gasteiger partial charge in [-0.05, 0) is 38.5 Å². The molecule has 1 aliphatic rings. The largest absolute Gasteiger partial charge is 0.482 e. The maximum absolute atomic E-state index is 12.2. The zero-order chi connectivity index (χ0) is 18.0. The number of nitrogens with one attached hydrogen (secondary N) is 3. The Kier molecular flexibility index (Phi) is 4.71. The molecule has 8 nitrogen and oxygen atoms in total. The van der Waals surface area contributed by atoms with Crippen LogP contribution in [-0.2, 0) is 9.59 Å². The number of anilines is 2. The Morgan fingerprint density at radius 1 is 1.32 bits per heavy atom. The van der Waals surface area contributed by atoms with E-state index in [9.17, 15) is 9.59 Å². The standard InChI is InChI=1S/C17H20N4O4/c1-9-6-15(21-25-9)20-17(23)11(3)18-10(2)12-4-5-14-13(7-12)19-16(22)8-24-14/h4-7,10-11,18H,8H2,1-3H3,(H,19,22)(H,20,21,23)/t10-,11+/m0/s1. The summed E-state index contributed by atoms with van der Waals surface area (Å²) >= 11 is 0. The van der Waals surface area contributed by atoms with Crippen molar-refractivity contribution in [2.24, 2.45) is 0 Å². The predicted molar refractivity (Wildman–Crippen MR) is 91.4 cm³/mol. The maximum atomic E-state index is 12.2. The van der Waals surface area contributed by atoms with Crippen molar-refractivity contribution in [3.63, 3.8) is 0 Å². The van der Waals surface area contributed by atoms with Crippen LogP contribution in [-0.4, -0.2) is 29.6 Å². The molecule has 2 amide bonds. The molecule has 0 saturated heterocycles. The zero-order valence-electron chi connectivity index (χ0n) is 14.3. The number of aryl methyl sites for hydroxylation is 1. The summed E-state index contributed by atoms with van der Waals surface area (Å²) < 4.78 is 10.3. The number of carbonyl (C=O) groups excluding carboxylic acids is 2. The molecule has 0 bridgehead atoms. The summed E-state index contributed by atoms with van der Waals surface area (Å²) in [5.41, 5.74) is 1.57. The van der Waals surface area contributed by atoms with E-state index in [1.165, 1.54) is 0 Å². The number of ether oxygens (including phenoxy) is 1. The van der Waals surface area contributed by atoms with Crippen LogP contribution in [0.1, 0.15) is 31.2 Å². The average molecular weight is 344 g/mol. The number of hydrogen-bond donors (Lipinski definition) is 3. The van der Waals surface area contributed by atoms with Gasteiger partial charge in [0.1, 0.15) is 11.5 Å². The molecule has 0 unspecified atom stereocenters. The summed E-state index contributed by atoms with van der Waals surface area (Å²) in [6, 6.07) is 6.65. The molecule has 3 N–H and O–H groups in total. The van der Waals surface area contributed by atoms with Gasteiger partial charge >= 0.3 is 0 Å². The molecule has 2 heterocycles. The van der Waals surface area contributed by atoms with Crippen LogP contribution in [0.4, 0.5) is 11.5 Å². The Morgan fingerprint density at radius 2 is 2.12 bits per heavy atom. The van der Waals surface area contributed by atoms with Crippen LogP contribution in [0.3, 0.4) is 0 Å². The molecule has 3 rings (SSSR count). The van der Waals surface area contributed by atoms with Gasteiger partial charge < -0.3 is 19.9 Å². The molecule has 132 valence electrons. The third kappa shape index (κ3) is 3.97. The summed E-state index contributed by atoms with van der Waals surface area (Å²) in [6.45, 7) is 5.49. The molecule has 8 heteroatoms. The van der Waals surface area contributed by atoms with E-state index in [0.717, 1.165) is 5.56 Å². The molecule has 0 fully saturated rings. The Bertz CT molecular complexity index is 802. The first kappa shape index (κ1) is 17.0. The number of rotatable bonds is 5. The van der Waals surface area contributed by atoms with Crippen molar-refractivity contribution >= 4 is 23.3 Å². The summed E-state index contributed by atoms with van der Waals surface area (Å²) in [4.78, 5) is 23.7. The fraction of sp³-hybridized carbons (Fsp3) is 0.353. The lowest BCUT2D eigenvalue weighted by Crippen LogP contribution is -2.39. The van der Waals surface area contributed by atoms with Crippen LogP contribution in [0.25, 0.3) is 0 Å². The Balaban J connectivity index is 1.63. The van der Waals surface area contributed by atoms with Gasteiger partial charge in [-0.15, -0.1) is 0 Å². The zero-order valence-corrected chi connectivity index (χ0v) is 14.3. The fourth-order valence-corrected chi connectivity index (χ4v) is 2.58. The second kappa shape index (κ2) is 6.94. The highest BCUT2D eigenvalue weighted by Crippen LogP contribution is 2.30. The second-order valence-corrected chi connectivity index (χ2v) is 6.01. The van der Waals surface area contributed by atoms with Crippen LogP contribution in [0.15, 0.2) is 28.8 Å². The first-order valence-corrected chi connectivity index (χ1v) is 7.99. The lowest BCUT2D eigenvalue weighted by molar-refractivity contribution is -0.119. The minimum Gasteiger partial charge on any atom is -0.482 e. The van der Waals surface area contributed by atoms with Gasteiger partial charge in [0.15, 0.2) is 12.4 Å². The van der Waals surface area contributed by atoms with E-state index in [-0.39, 0.29) is 24.5 Å². The van der Waals surface area contributed by atoms with Crippen molar-refractivity contribution in [3.05, 3.63) is 35.6 Å². The smallest absolute Gasteiger partial charge is 0.262 e. The molecule has 1 aromatic carbocycles. The first-order chi connectivity index (χ1) is 11.9. The van der Waals surface area contributed by atoms with Crippen molar-refractivity contribution in [3.8, 4) is 5.75 Å². The molecule has 2 atom stereocenters. The van der Waals surface area contributed by atoms with Gasteiger partial charge in [-0.3, -0.25) is 14.9 Å². The van der Waals surface area contributed by atoms with E-state index in [1.54, 1.807) is 19.9 Å². The number of hydrogen-bond acceptors (Lipinski definition) is 6. The topological polar surface area (TPSA) is 105 Å². The fourth-order valence-electron chi connectivity index (χ4n) is 2.58. The van der Waals surface area contributed by atoms with Crippen LogP contribution in [0.2, 0.25) is 0 Å². The van der Waals surface area contributed by atoms with Crippen molar-refractivity contribution in [2.75, 3.05) is 17.2 Å². The molecule has 1 aromatic heterocycles. The van der Waals surface area contributed by atoms with Gasteiger partial charge in [-0.1, -0.05) is 11.2 Å². The minimum absolute atomic E-state index is 0.0267. The SMILES string of the molecule is Cc1cc(NC(=O)[C@@H](C)N[C@@H](C)c2ccc3c(c2)NC(=O)CO3)no1. The lowest BCUT2D eigenvalue weighted by Gasteiger charge is -2.22. The van der Waals surface area contributed by atoms with E-state index < -0.39 is 6.04 Å². The second-order valence-electron chi connectivity index (χ2n) is 6.01. The van der Waals surface area contributed by atoms with Gasteiger partial charge in [0.2, 0.25) is 5.91 Å². The first-order valence-electron chi connectivity index (χ1n) is 7.99. The van der Waals surface area contributed by atoms with Crippen LogP contribution in [0.5, 0.6) is 5.75 Å². The molecule has 0 saturated carbocycles. The number of fused-ring (bicyclic) bond motifs is 1. The highest BCUT2D eigenvalue weighted by atomic mass is 16.5. The molecule has 0 radical (unpaired) electrons. The van der Waals surface area contributed by atoms with Gasteiger partial charge in [-0.2, -0.15) is 0 Å². The molecule has 25 heavy (non-hydrogen) atoms. The molecule has 2 aromatic rings. The molecule has 1 aliphatic heterocycles. The Morgan fingerprint density at radius 3 is 2.84 bits per heavy atom. The van der Waals surface area contributed by atoms with Gasteiger partial charge in [0.25, 0.3) is 5.91 Å². The quantitative estimate of drug-likeness (QED) is 0.766. The van der Waals surface area contributed by atoms with Gasteiger partial charge in [-0.25, -0.2) is 0 Å². The number of nitrogens with zero attached hydrogens (tertiary/aromatic N) is 1. The van der Waals surface area contributed by atoms with Crippen molar-refractivity contribution in [1.82, 2.24) is 10.5 Å². The monoisotopic (exact) mass is 344 g/mol. The maximum Gasteiger partial charge on any atom is 0.262 e. The third-order valence-corrected chi connectivity index (χ3v) is 3.91. The molecule has 0 spiro atoms. The van der Waals surface area contributed by atoms with E-state index in [4.69, 9.17) is 9.26 Å². The van der Waals surface area contributed by atoms with Gasteiger partial charge in [0.05, 0.1) is 11.7 Å². The number of carbonyl (C=O) groups is 2. The third-order valence-electron chi connectivity index (χ3n) is 3.91.